The van der Waals surface area contributed by atoms with Crippen LogP contribution < -0.4 is 16.8 Å². The first-order valence-corrected chi connectivity index (χ1v) is 6.35. The number of nitrogens with two attached hydrogens (primary N) is 2. The van der Waals surface area contributed by atoms with Crippen molar-refractivity contribution in [1.82, 2.24) is 9.97 Å². The molecule has 6 heteroatoms. The fourth-order valence-corrected chi connectivity index (χ4v) is 2.15. The van der Waals surface area contributed by atoms with E-state index in [1.807, 2.05) is 24.3 Å². The Balaban J connectivity index is 2.06. The van der Waals surface area contributed by atoms with E-state index in [0.717, 1.165) is 16.6 Å². The van der Waals surface area contributed by atoms with Gasteiger partial charge in [-0.05, 0) is 36.4 Å². The zero-order valence-electron chi connectivity index (χ0n) is 10.5. The van der Waals surface area contributed by atoms with Gasteiger partial charge in [-0.3, -0.25) is 4.98 Å². The number of benzene rings is 1. The van der Waals surface area contributed by atoms with Gasteiger partial charge >= 0.3 is 0 Å². The molecule has 0 unspecified atom stereocenters. The number of hydrogen-bond acceptors (Lipinski definition) is 5. The van der Waals surface area contributed by atoms with Crippen LogP contribution in [0.3, 0.4) is 0 Å². The average molecular weight is 286 g/mol. The summed E-state index contributed by atoms with van der Waals surface area (Å²) in [6.45, 7) is 0. The molecule has 0 spiro atoms. The third-order valence-electron chi connectivity index (χ3n) is 2.94. The van der Waals surface area contributed by atoms with E-state index in [-0.39, 0.29) is 0 Å². The summed E-state index contributed by atoms with van der Waals surface area (Å²) in [7, 11) is 0. The highest BCUT2D eigenvalue weighted by Gasteiger charge is 2.07. The summed E-state index contributed by atoms with van der Waals surface area (Å²) in [4.78, 5) is 8.53. The van der Waals surface area contributed by atoms with Gasteiger partial charge in [0.05, 0.1) is 21.9 Å². The quantitative estimate of drug-likeness (QED) is 0.673. The van der Waals surface area contributed by atoms with E-state index >= 15 is 0 Å². The highest BCUT2D eigenvalue weighted by molar-refractivity contribution is 6.35. The van der Waals surface area contributed by atoms with Crippen LogP contribution in [0.2, 0.25) is 5.02 Å². The maximum absolute atomic E-state index is 6.16. The van der Waals surface area contributed by atoms with E-state index in [1.54, 1.807) is 18.3 Å². The van der Waals surface area contributed by atoms with Crippen LogP contribution in [0.15, 0.2) is 42.6 Å². The maximum Gasteiger partial charge on any atom is 0.149 e. The molecule has 100 valence electrons. The van der Waals surface area contributed by atoms with E-state index in [0.29, 0.717) is 22.3 Å². The standard InChI is InChI=1S/C14H12ClN5/c15-9-3-5-11(13-8(9)2-1-7-18-13)19-12-6-4-10(16)14(17)20-12/h1-7H,16H2,(H3,17,19,20). The van der Waals surface area contributed by atoms with Gasteiger partial charge in [-0.25, -0.2) is 4.98 Å². The van der Waals surface area contributed by atoms with Crippen LogP contribution in [-0.2, 0) is 0 Å². The first kappa shape index (κ1) is 12.5. The van der Waals surface area contributed by atoms with E-state index in [4.69, 9.17) is 23.1 Å². The largest absolute Gasteiger partial charge is 0.396 e. The van der Waals surface area contributed by atoms with Crippen molar-refractivity contribution in [3.05, 3.63) is 47.6 Å². The Kier molecular flexibility index (Phi) is 3.04. The number of aromatic nitrogens is 2. The number of rotatable bonds is 2. The van der Waals surface area contributed by atoms with Crippen molar-refractivity contribution in [3.8, 4) is 0 Å². The van der Waals surface area contributed by atoms with Gasteiger partial charge in [0.15, 0.2) is 0 Å². The Hall–Kier alpha value is -2.53. The molecule has 0 bridgehead atoms. The molecule has 3 aromatic rings. The summed E-state index contributed by atoms with van der Waals surface area (Å²) < 4.78 is 0. The minimum atomic E-state index is 0.293. The molecule has 0 fully saturated rings. The molecule has 20 heavy (non-hydrogen) atoms. The average Bonchev–Trinajstić information content (AvgIpc) is 2.46. The number of halogens is 1. The van der Waals surface area contributed by atoms with Crippen LogP contribution in [0, 0.1) is 0 Å². The van der Waals surface area contributed by atoms with Crippen LogP contribution in [0.4, 0.5) is 23.0 Å². The van der Waals surface area contributed by atoms with Crippen molar-refractivity contribution in [3.63, 3.8) is 0 Å². The second kappa shape index (κ2) is 4.86. The summed E-state index contributed by atoms with van der Waals surface area (Å²) in [5, 5.41) is 4.71. The summed E-state index contributed by atoms with van der Waals surface area (Å²) >= 11 is 6.16. The molecule has 0 aliphatic rings. The van der Waals surface area contributed by atoms with Crippen LogP contribution in [-0.4, -0.2) is 9.97 Å². The van der Waals surface area contributed by atoms with Gasteiger partial charge in [0.2, 0.25) is 0 Å². The molecule has 0 radical (unpaired) electrons. The molecule has 2 heterocycles. The lowest BCUT2D eigenvalue weighted by Crippen LogP contribution is -2.01. The van der Waals surface area contributed by atoms with Crippen molar-refractivity contribution in [2.75, 3.05) is 16.8 Å². The zero-order chi connectivity index (χ0) is 14.1. The Morgan fingerprint density at radius 3 is 2.70 bits per heavy atom. The van der Waals surface area contributed by atoms with Crippen molar-refractivity contribution >= 4 is 45.5 Å². The molecule has 1 aromatic carbocycles. The summed E-state index contributed by atoms with van der Waals surface area (Å²) in [6.07, 6.45) is 1.72. The van der Waals surface area contributed by atoms with Gasteiger partial charge in [-0.15, -0.1) is 0 Å². The Morgan fingerprint density at radius 1 is 1.05 bits per heavy atom. The normalized spacial score (nSPS) is 10.7. The lowest BCUT2D eigenvalue weighted by molar-refractivity contribution is 1.31. The molecular formula is C14H12ClN5. The molecular weight excluding hydrogens is 274 g/mol. The van der Waals surface area contributed by atoms with Gasteiger partial charge in [0, 0.05) is 11.6 Å². The molecule has 0 saturated carbocycles. The fourth-order valence-electron chi connectivity index (χ4n) is 1.93. The number of fused-ring (bicyclic) bond motifs is 1. The predicted octanol–water partition coefficient (Wildman–Crippen LogP) is 3.19. The maximum atomic E-state index is 6.16. The van der Waals surface area contributed by atoms with Crippen molar-refractivity contribution < 1.29 is 0 Å². The smallest absolute Gasteiger partial charge is 0.149 e. The molecule has 2 aromatic heterocycles. The first-order chi connectivity index (χ1) is 9.65. The molecule has 0 amide bonds. The van der Waals surface area contributed by atoms with Crippen molar-refractivity contribution in [2.45, 2.75) is 0 Å². The minimum absolute atomic E-state index is 0.293. The van der Waals surface area contributed by atoms with Gasteiger partial charge < -0.3 is 16.8 Å². The molecule has 0 saturated heterocycles. The minimum Gasteiger partial charge on any atom is -0.396 e. The van der Waals surface area contributed by atoms with Gasteiger partial charge in [-0.2, -0.15) is 0 Å². The van der Waals surface area contributed by atoms with Crippen LogP contribution in [0.1, 0.15) is 0 Å². The van der Waals surface area contributed by atoms with Crippen LogP contribution in [0.5, 0.6) is 0 Å². The number of nitrogens with one attached hydrogen (secondary N) is 1. The van der Waals surface area contributed by atoms with Gasteiger partial charge in [0.25, 0.3) is 0 Å². The molecule has 0 aliphatic carbocycles. The van der Waals surface area contributed by atoms with E-state index in [9.17, 15) is 0 Å². The summed E-state index contributed by atoms with van der Waals surface area (Å²) in [6, 6.07) is 10.9. The van der Waals surface area contributed by atoms with E-state index < -0.39 is 0 Å². The van der Waals surface area contributed by atoms with Gasteiger partial charge in [0.1, 0.15) is 11.6 Å². The molecule has 5 N–H and O–H groups in total. The zero-order valence-corrected chi connectivity index (χ0v) is 11.2. The van der Waals surface area contributed by atoms with Crippen molar-refractivity contribution in [2.24, 2.45) is 0 Å². The Morgan fingerprint density at radius 2 is 1.90 bits per heavy atom. The SMILES string of the molecule is Nc1ccc(Nc2ccc(Cl)c3cccnc23)nc1N. The highest BCUT2D eigenvalue weighted by Crippen LogP contribution is 2.30. The first-order valence-electron chi connectivity index (χ1n) is 5.97. The number of nitrogen functional groups attached to an aromatic ring is 2. The summed E-state index contributed by atoms with van der Waals surface area (Å²) in [5.74, 6) is 0.896. The number of pyridine rings is 2. The second-order valence-corrected chi connectivity index (χ2v) is 4.70. The topological polar surface area (TPSA) is 89.8 Å². The molecule has 0 atom stereocenters. The number of hydrogen-bond donors (Lipinski definition) is 3. The second-order valence-electron chi connectivity index (χ2n) is 4.29. The fraction of sp³-hybridized carbons (Fsp3) is 0. The number of anilines is 4. The highest BCUT2D eigenvalue weighted by atomic mass is 35.5. The van der Waals surface area contributed by atoms with Crippen molar-refractivity contribution in [1.29, 1.82) is 0 Å². The van der Waals surface area contributed by atoms with E-state index in [1.165, 1.54) is 0 Å². The molecule has 0 aliphatic heterocycles. The number of nitrogens with zero attached hydrogens (tertiary/aromatic N) is 2. The predicted molar refractivity (Wildman–Crippen MR) is 83.1 cm³/mol. The lowest BCUT2D eigenvalue weighted by Gasteiger charge is -2.10. The third-order valence-corrected chi connectivity index (χ3v) is 3.27. The van der Waals surface area contributed by atoms with Crippen LogP contribution >= 0.6 is 11.6 Å². The molecule has 5 nitrogen and oxygen atoms in total. The monoisotopic (exact) mass is 285 g/mol. The molecule has 3 rings (SSSR count). The summed E-state index contributed by atoms with van der Waals surface area (Å²) in [5.41, 5.74) is 13.4. The Bertz CT molecular complexity index is 788. The lowest BCUT2D eigenvalue weighted by atomic mass is 10.2. The van der Waals surface area contributed by atoms with Crippen LogP contribution in [0.25, 0.3) is 10.9 Å². The Labute approximate surface area is 120 Å². The van der Waals surface area contributed by atoms with E-state index in [2.05, 4.69) is 15.3 Å². The van der Waals surface area contributed by atoms with Gasteiger partial charge in [-0.1, -0.05) is 11.6 Å². The third kappa shape index (κ3) is 2.19.